The molecule has 0 unspecified atom stereocenters. The molecular formula is C16H24N2O2S. The Morgan fingerprint density at radius 2 is 2.24 bits per heavy atom. The van der Waals surface area contributed by atoms with E-state index in [0.29, 0.717) is 13.2 Å². The third-order valence-electron chi connectivity index (χ3n) is 3.50. The molecule has 1 aromatic rings. The molecule has 2 atom stereocenters. The number of ether oxygens (including phenoxy) is 1. The molecule has 1 N–H and O–H groups in total. The number of hydrogen-bond donors (Lipinski definition) is 1. The van der Waals surface area contributed by atoms with Gasteiger partial charge in [0.15, 0.2) is 0 Å². The van der Waals surface area contributed by atoms with Crippen molar-refractivity contribution in [1.29, 1.82) is 0 Å². The van der Waals surface area contributed by atoms with Crippen LogP contribution >= 0.6 is 11.8 Å². The lowest BCUT2D eigenvalue weighted by Gasteiger charge is -2.32. The number of carbonyl (C=O) groups excluding carboxylic acids is 1. The first-order valence-corrected chi connectivity index (χ1v) is 8.75. The number of rotatable bonds is 6. The molecule has 0 bridgehead atoms. The average Bonchev–Trinajstić information content (AvgIpc) is 2.49. The smallest absolute Gasteiger partial charge is 0.250 e. The van der Waals surface area contributed by atoms with E-state index in [0.717, 1.165) is 18.8 Å². The van der Waals surface area contributed by atoms with E-state index in [2.05, 4.69) is 22.3 Å². The quantitative estimate of drug-likeness (QED) is 0.869. The number of carbonyl (C=O) groups is 1. The lowest BCUT2D eigenvalue weighted by Crippen LogP contribution is -2.51. The summed E-state index contributed by atoms with van der Waals surface area (Å²) in [5.41, 5.74) is 1.27. The van der Waals surface area contributed by atoms with Gasteiger partial charge in [-0.15, -0.1) is 0 Å². The molecule has 0 spiro atoms. The van der Waals surface area contributed by atoms with Crippen LogP contribution < -0.4 is 5.32 Å². The van der Waals surface area contributed by atoms with Gasteiger partial charge in [-0.1, -0.05) is 30.3 Å². The fraction of sp³-hybridized carbons (Fsp3) is 0.562. The van der Waals surface area contributed by atoms with E-state index >= 15 is 0 Å². The van der Waals surface area contributed by atoms with Crippen molar-refractivity contribution in [3.63, 3.8) is 0 Å². The highest BCUT2D eigenvalue weighted by Crippen LogP contribution is 2.11. The third kappa shape index (κ3) is 5.34. The van der Waals surface area contributed by atoms with Gasteiger partial charge < -0.3 is 10.1 Å². The Labute approximate surface area is 131 Å². The van der Waals surface area contributed by atoms with E-state index < -0.39 is 0 Å². The average molecular weight is 308 g/mol. The minimum Gasteiger partial charge on any atom is -0.366 e. The van der Waals surface area contributed by atoms with Crippen LogP contribution in [0.1, 0.15) is 12.5 Å². The molecule has 1 saturated heterocycles. The standard InChI is InChI=1S/C16H24N2O2S/c1-13(12-21-2)17-16(19)15-11-18(8-9-20-15)10-14-6-4-3-5-7-14/h3-7,13,15H,8-12H2,1-2H3,(H,17,19)/t13-,15+/m0/s1. The van der Waals surface area contributed by atoms with Crippen LogP contribution in [0, 0.1) is 0 Å². The van der Waals surface area contributed by atoms with Crippen molar-refractivity contribution in [3.8, 4) is 0 Å². The van der Waals surface area contributed by atoms with Crippen LogP contribution in [-0.4, -0.2) is 54.7 Å². The van der Waals surface area contributed by atoms with E-state index in [4.69, 9.17) is 4.74 Å². The van der Waals surface area contributed by atoms with Gasteiger partial charge in [-0.25, -0.2) is 0 Å². The van der Waals surface area contributed by atoms with Gasteiger partial charge in [0.25, 0.3) is 5.91 Å². The molecule has 116 valence electrons. The minimum atomic E-state index is -0.355. The highest BCUT2D eigenvalue weighted by atomic mass is 32.2. The van der Waals surface area contributed by atoms with Crippen LogP contribution in [0.3, 0.4) is 0 Å². The summed E-state index contributed by atoms with van der Waals surface area (Å²) < 4.78 is 5.63. The molecule has 5 heteroatoms. The summed E-state index contributed by atoms with van der Waals surface area (Å²) in [5, 5.41) is 3.02. The Morgan fingerprint density at radius 3 is 2.95 bits per heavy atom. The molecule has 4 nitrogen and oxygen atoms in total. The lowest BCUT2D eigenvalue weighted by molar-refractivity contribution is -0.139. The van der Waals surface area contributed by atoms with Gasteiger partial charge in [0, 0.05) is 31.4 Å². The van der Waals surface area contributed by atoms with Crippen LogP contribution in [0.4, 0.5) is 0 Å². The molecule has 1 aliphatic heterocycles. The maximum absolute atomic E-state index is 12.2. The summed E-state index contributed by atoms with van der Waals surface area (Å²) in [5.74, 6) is 0.931. The van der Waals surface area contributed by atoms with E-state index in [1.165, 1.54) is 5.56 Å². The van der Waals surface area contributed by atoms with Crippen molar-refractivity contribution >= 4 is 17.7 Å². The summed E-state index contributed by atoms with van der Waals surface area (Å²) >= 11 is 1.73. The minimum absolute atomic E-state index is 0.00862. The zero-order valence-corrected chi connectivity index (χ0v) is 13.6. The first kappa shape index (κ1) is 16.3. The second kappa shape index (κ2) is 8.41. The second-order valence-corrected chi connectivity index (χ2v) is 6.36. The van der Waals surface area contributed by atoms with Crippen LogP contribution in [0.2, 0.25) is 0 Å². The Bertz CT molecular complexity index is 441. The highest BCUT2D eigenvalue weighted by Gasteiger charge is 2.27. The number of benzene rings is 1. The van der Waals surface area contributed by atoms with Gasteiger partial charge in [0.1, 0.15) is 6.10 Å². The normalized spacial score (nSPS) is 21.0. The number of morpholine rings is 1. The van der Waals surface area contributed by atoms with Crippen LogP contribution in [0.5, 0.6) is 0 Å². The number of nitrogens with zero attached hydrogens (tertiary/aromatic N) is 1. The largest absolute Gasteiger partial charge is 0.366 e. The van der Waals surface area contributed by atoms with Crippen molar-refractivity contribution in [2.75, 3.05) is 31.7 Å². The molecule has 0 aliphatic carbocycles. The van der Waals surface area contributed by atoms with Gasteiger partial charge in [-0.2, -0.15) is 11.8 Å². The third-order valence-corrected chi connectivity index (χ3v) is 4.33. The monoisotopic (exact) mass is 308 g/mol. The molecular weight excluding hydrogens is 284 g/mol. The molecule has 0 saturated carbocycles. The van der Waals surface area contributed by atoms with E-state index in [1.807, 2.05) is 31.4 Å². The maximum Gasteiger partial charge on any atom is 0.250 e. The molecule has 0 aromatic heterocycles. The van der Waals surface area contributed by atoms with Gasteiger partial charge in [0.2, 0.25) is 0 Å². The van der Waals surface area contributed by atoms with Gasteiger partial charge in [-0.3, -0.25) is 9.69 Å². The van der Waals surface area contributed by atoms with Crippen LogP contribution in [0.15, 0.2) is 30.3 Å². The lowest BCUT2D eigenvalue weighted by atomic mass is 10.2. The van der Waals surface area contributed by atoms with Gasteiger partial charge in [0.05, 0.1) is 6.61 Å². The zero-order chi connectivity index (χ0) is 15.1. The van der Waals surface area contributed by atoms with Crippen LogP contribution in [-0.2, 0) is 16.1 Å². The summed E-state index contributed by atoms with van der Waals surface area (Å²) in [7, 11) is 0. The molecule has 1 heterocycles. The summed E-state index contributed by atoms with van der Waals surface area (Å²) in [4.78, 5) is 14.5. The second-order valence-electron chi connectivity index (χ2n) is 5.45. The molecule has 1 amide bonds. The fourth-order valence-corrected chi connectivity index (χ4v) is 3.06. The zero-order valence-electron chi connectivity index (χ0n) is 12.7. The topological polar surface area (TPSA) is 41.6 Å². The number of hydrogen-bond acceptors (Lipinski definition) is 4. The maximum atomic E-state index is 12.2. The van der Waals surface area contributed by atoms with E-state index in [1.54, 1.807) is 11.8 Å². The molecule has 21 heavy (non-hydrogen) atoms. The van der Waals surface area contributed by atoms with Crippen molar-refractivity contribution in [3.05, 3.63) is 35.9 Å². The van der Waals surface area contributed by atoms with Crippen molar-refractivity contribution in [1.82, 2.24) is 10.2 Å². The molecule has 1 fully saturated rings. The first-order chi connectivity index (χ1) is 10.2. The van der Waals surface area contributed by atoms with E-state index in [9.17, 15) is 4.79 Å². The molecule has 1 aliphatic rings. The Balaban J connectivity index is 1.84. The summed E-state index contributed by atoms with van der Waals surface area (Å²) in [6.07, 6.45) is 1.69. The first-order valence-electron chi connectivity index (χ1n) is 7.36. The number of thioether (sulfide) groups is 1. The Hall–Kier alpha value is -1.04. The fourth-order valence-electron chi connectivity index (χ4n) is 2.47. The predicted octanol–water partition coefficient (Wildman–Crippen LogP) is 1.76. The van der Waals surface area contributed by atoms with Gasteiger partial charge >= 0.3 is 0 Å². The Morgan fingerprint density at radius 1 is 1.48 bits per heavy atom. The van der Waals surface area contributed by atoms with Crippen LogP contribution in [0.25, 0.3) is 0 Å². The summed E-state index contributed by atoms with van der Waals surface area (Å²) in [6, 6.07) is 10.5. The molecule has 2 rings (SSSR count). The summed E-state index contributed by atoms with van der Waals surface area (Å²) in [6.45, 7) is 5.04. The molecule has 1 aromatic carbocycles. The SMILES string of the molecule is CSC[C@H](C)NC(=O)[C@H]1CN(Cc2ccccc2)CCO1. The number of amides is 1. The van der Waals surface area contributed by atoms with Crippen molar-refractivity contribution < 1.29 is 9.53 Å². The van der Waals surface area contributed by atoms with Gasteiger partial charge in [-0.05, 0) is 18.7 Å². The molecule has 0 radical (unpaired) electrons. The Kier molecular flexibility index (Phi) is 6.54. The van der Waals surface area contributed by atoms with Crippen molar-refractivity contribution in [2.24, 2.45) is 0 Å². The predicted molar refractivity (Wildman–Crippen MR) is 87.4 cm³/mol. The highest BCUT2D eigenvalue weighted by molar-refractivity contribution is 7.98. The van der Waals surface area contributed by atoms with E-state index in [-0.39, 0.29) is 18.1 Å². The van der Waals surface area contributed by atoms with Crippen molar-refractivity contribution in [2.45, 2.75) is 25.6 Å². The number of nitrogens with one attached hydrogen (secondary N) is 1.